The van der Waals surface area contributed by atoms with Gasteiger partial charge in [0.15, 0.2) is 0 Å². The third-order valence-electron chi connectivity index (χ3n) is 29.7. The van der Waals surface area contributed by atoms with Crippen molar-refractivity contribution in [3.8, 4) is 0 Å². The molecule has 17 nitrogen and oxygen atoms in total. The topological polar surface area (TPSA) is 162 Å². The van der Waals surface area contributed by atoms with Crippen LogP contribution in [0.4, 0.5) is 0 Å². The summed E-state index contributed by atoms with van der Waals surface area (Å²) in [4.78, 5) is 9.71. The van der Waals surface area contributed by atoms with Gasteiger partial charge in [-0.05, 0) is 401 Å². The molecule has 0 bridgehead atoms. The maximum absolute atomic E-state index is 10.2. The zero-order valence-corrected chi connectivity index (χ0v) is 91.8. The molecule has 0 aromatic rings. The predicted octanol–water partition coefficient (Wildman–Crippen LogP) is 27.3. The fourth-order valence-corrected chi connectivity index (χ4v) is 22.6. The van der Waals surface area contributed by atoms with Crippen molar-refractivity contribution in [2.24, 2.45) is 0 Å². The van der Waals surface area contributed by atoms with Crippen LogP contribution in [0.25, 0.3) is 0 Å². The van der Waals surface area contributed by atoms with Crippen LogP contribution in [-0.4, -0.2) is 239 Å². The molecule has 0 saturated carbocycles. The van der Waals surface area contributed by atoms with Crippen LogP contribution in [0.3, 0.4) is 0 Å². The zero-order chi connectivity index (χ0) is 99.3. The Balaban J connectivity index is 0.000000761. The SMILES string of the molecule is C=CCCCCCCOC1CC(C)(C)N(C)C(C)(C)C1.C=CCCCCCCOC1CC(C)(C)N(C)C(C)(C)C1.C=CCCCCCCOC1CC(C)(C)N(CO)C(C)(C)C1.C=CCCCCCCOC1CC(C)(C)N(O)C(C)(C)C1.C=CCCCCCCOC1CC(C)(C)NC(C)(C)C1.C=CCNC1CC(C)(C)N(C)C(C)(C)C1.C=CCNC1CC(C)(C)N(O)C(C)(C)C1. The molecule has 0 unspecified atom stereocenters. The normalized spacial score (nSPS) is 23.5. The van der Waals surface area contributed by atoms with Gasteiger partial charge in [0, 0.05) is 136 Å². The summed E-state index contributed by atoms with van der Waals surface area (Å²) >= 11 is 0. The number of allylic oxidation sites excluding steroid dienone is 5. The molecule has 0 atom stereocenters. The van der Waals surface area contributed by atoms with Crippen molar-refractivity contribution in [2.75, 3.05) is 74.0 Å². The highest BCUT2D eigenvalue weighted by Crippen LogP contribution is 2.44. The van der Waals surface area contributed by atoms with Gasteiger partial charge in [0.25, 0.3) is 0 Å². The van der Waals surface area contributed by atoms with Crippen molar-refractivity contribution in [3.05, 3.63) is 88.6 Å². The van der Waals surface area contributed by atoms with E-state index in [1.165, 1.54) is 139 Å². The lowest BCUT2D eigenvalue weighted by Crippen LogP contribution is -2.62. The Kier molecular flexibility index (Phi) is 57.8. The zero-order valence-electron chi connectivity index (χ0n) is 91.8. The van der Waals surface area contributed by atoms with Crippen molar-refractivity contribution in [3.63, 3.8) is 0 Å². The monoisotopic (exact) mass is 1830 g/mol. The molecular formula is C113H221N9O8. The van der Waals surface area contributed by atoms with Gasteiger partial charge in [0.2, 0.25) is 0 Å². The fraction of sp³-hybridized carbons (Fsp3) is 0.876. The van der Waals surface area contributed by atoms with Crippen LogP contribution in [0, 0.1) is 0 Å². The third-order valence-corrected chi connectivity index (χ3v) is 29.7. The number of nitrogens with zero attached hydrogens (tertiary/aromatic N) is 6. The lowest BCUT2D eigenvalue weighted by Gasteiger charge is -2.54. The van der Waals surface area contributed by atoms with Gasteiger partial charge in [-0.3, -0.25) is 19.6 Å². The molecule has 7 aliphatic heterocycles. The van der Waals surface area contributed by atoms with E-state index in [2.05, 4.69) is 297 Å². The Morgan fingerprint density at radius 1 is 0.262 bits per heavy atom. The standard InChI is InChI=1S/C18H35NO2.2C18H35NO.C17H33NO2.C17H33NO.C13H26N2.C12H24N2O/c1-6-7-8-9-10-11-12-21-16-13-17(2,3)19(15-20)18(4,5)14-16;2*1-7-8-9-10-11-12-13-20-16-14-17(2,3)19(6)18(4,5)15-16;1-6-7-8-9-10-11-12-20-15-13-16(2,3)18(19)17(4,5)14-15;1-6-7-8-9-10-11-12-19-15-13-16(2,3)18-17(4,5)14-15;1-7-8-14-11-9-12(2,3)15(6)13(4,5)10-11;1-6-7-13-10-8-11(2,3)14(15)12(4,5)9-10/h6,16,20H,1,7-15H2,2-5H3;2*7,16H,1,8-15H2,2-6H3;6,15,19H,1,7-14H2,2-5H3;6,15,18H,1,7-14H2,2-5H3;7,11,14H,1,8-10H2,2-6H3;6,10,13,15H,1,7-9H2,2-5H3. The molecule has 6 N–H and O–H groups in total. The van der Waals surface area contributed by atoms with Crippen LogP contribution in [-0.2, 0) is 23.7 Å². The van der Waals surface area contributed by atoms with Gasteiger partial charge in [-0.15, -0.1) is 46.1 Å². The van der Waals surface area contributed by atoms with Crippen LogP contribution < -0.4 is 16.0 Å². The average molecular weight is 1830 g/mol. The molecule has 130 heavy (non-hydrogen) atoms. The van der Waals surface area contributed by atoms with E-state index >= 15 is 0 Å². The van der Waals surface area contributed by atoms with Gasteiger partial charge in [-0.2, -0.15) is 10.1 Å². The minimum atomic E-state index is -0.212. The van der Waals surface area contributed by atoms with Gasteiger partial charge < -0.3 is 55.2 Å². The number of aliphatic hydroxyl groups is 1. The van der Waals surface area contributed by atoms with E-state index in [0.29, 0.717) is 36.5 Å². The second-order valence-corrected chi connectivity index (χ2v) is 49.1. The summed E-state index contributed by atoms with van der Waals surface area (Å²) in [6.45, 7) is 95.1. The molecule has 0 aliphatic carbocycles. The number of rotatable bonds is 47. The largest absolute Gasteiger partial charge is 0.381 e. The van der Waals surface area contributed by atoms with Crippen LogP contribution in [0.15, 0.2) is 88.6 Å². The van der Waals surface area contributed by atoms with Crippen LogP contribution in [0.5, 0.6) is 0 Å². The lowest BCUT2D eigenvalue weighted by molar-refractivity contribution is -0.261. The van der Waals surface area contributed by atoms with E-state index < -0.39 is 0 Å². The van der Waals surface area contributed by atoms with Gasteiger partial charge in [0.05, 0.1) is 37.3 Å². The molecule has 0 radical (unpaired) electrons. The average Bonchev–Trinajstić information content (AvgIpc) is 0.777. The molecule has 17 heteroatoms. The maximum atomic E-state index is 10.2. The van der Waals surface area contributed by atoms with Crippen LogP contribution in [0.2, 0.25) is 0 Å². The first-order valence-electron chi connectivity index (χ1n) is 52.3. The van der Waals surface area contributed by atoms with E-state index in [9.17, 15) is 15.5 Å². The Hall–Kier alpha value is -2.50. The Labute approximate surface area is 807 Å². The van der Waals surface area contributed by atoms with E-state index in [-0.39, 0.29) is 90.4 Å². The highest BCUT2D eigenvalue weighted by atomic mass is 16.5. The van der Waals surface area contributed by atoms with E-state index in [0.717, 1.165) is 168 Å². The quantitative estimate of drug-likeness (QED) is 0.0252. The second-order valence-electron chi connectivity index (χ2n) is 49.1. The number of hydrogen-bond acceptors (Lipinski definition) is 17. The molecule has 7 heterocycles. The summed E-state index contributed by atoms with van der Waals surface area (Å²) in [7, 11) is 6.73. The van der Waals surface area contributed by atoms with Crippen molar-refractivity contribution in [1.29, 1.82) is 0 Å². The number of hydrogen-bond donors (Lipinski definition) is 6. The van der Waals surface area contributed by atoms with Gasteiger partial charge in [-0.25, -0.2) is 0 Å². The Morgan fingerprint density at radius 3 is 0.662 bits per heavy atom. The molecule has 7 aliphatic rings. The summed E-state index contributed by atoms with van der Waals surface area (Å²) in [5.74, 6) is 0. The van der Waals surface area contributed by atoms with Crippen LogP contribution >= 0.6 is 0 Å². The van der Waals surface area contributed by atoms with Gasteiger partial charge in [0.1, 0.15) is 0 Å². The van der Waals surface area contributed by atoms with Gasteiger partial charge >= 0.3 is 0 Å². The van der Waals surface area contributed by atoms with Crippen molar-refractivity contribution >= 4 is 0 Å². The number of unbranched alkanes of at least 4 members (excludes halogenated alkanes) is 20. The van der Waals surface area contributed by atoms with E-state index in [1.807, 2.05) is 42.5 Å². The summed E-state index contributed by atoms with van der Waals surface area (Å²) in [5.41, 5.74) is 1.09. The van der Waals surface area contributed by atoms with Gasteiger partial charge in [-0.1, -0.05) is 107 Å². The first kappa shape index (κ1) is 126. The number of nitrogens with one attached hydrogen (secondary N) is 3. The minimum Gasteiger partial charge on any atom is -0.381 e. The number of ether oxygens (including phenoxy) is 5. The van der Waals surface area contributed by atoms with E-state index in [1.54, 1.807) is 0 Å². The molecule has 0 amide bonds. The predicted molar refractivity (Wildman–Crippen MR) is 563 cm³/mol. The summed E-state index contributed by atoms with van der Waals surface area (Å²) in [6.07, 6.45) is 61.3. The first-order valence-corrected chi connectivity index (χ1v) is 52.3. The molecule has 0 aromatic heterocycles. The molecule has 7 fully saturated rings. The summed E-state index contributed by atoms with van der Waals surface area (Å²) in [6, 6.07) is 1.07. The summed E-state index contributed by atoms with van der Waals surface area (Å²) < 4.78 is 30.6. The minimum absolute atomic E-state index is 0.00880. The van der Waals surface area contributed by atoms with Crippen LogP contribution in [0.1, 0.15) is 444 Å². The number of aliphatic hydroxyl groups excluding tert-OH is 1. The summed E-state index contributed by atoms with van der Waals surface area (Å²) in [5, 5.41) is 43.7. The highest BCUT2D eigenvalue weighted by molar-refractivity contribution is 5.06. The number of likely N-dealkylation sites (tertiary alicyclic amines) is 4. The molecule has 7 saturated heterocycles. The Bertz CT molecular complexity index is 2740. The first-order chi connectivity index (χ1) is 60.1. The maximum Gasteiger partial charge on any atom is 0.0965 e. The molecule has 7 rings (SSSR count). The van der Waals surface area contributed by atoms with Crippen molar-refractivity contribution in [2.45, 2.75) is 564 Å². The Morgan fingerprint density at radius 2 is 0.446 bits per heavy atom. The smallest absolute Gasteiger partial charge is 0.0965 e. The highest BCUT2D eigenvalue weighted by Gasteiger charge is 2.50. The number of piperidine rings is 7. The molecule has 766 valence electrons. The van der Waals surface area contributed by atoms with Crippen molar-refractivity contribution in [1.82, 2.24) is 45.7 Å². The number of hydroxylamine groups is 4. The molecule has 0 spiro atoms. The molecule has 0 aromatic carbocycles. The second kappa shape index (κ2) is 59.8. The molecular weight excluding hydrogens is 1610 g/mol. The van der Waals surface area contributed by atoms with Crippen molar-refractivity contribution < 1.29 is 39.2 Å². The third kappa shape index (κ3) is 48.4. The lowest BCUT2D eigenvalue weighted by atomic mass is 9.77. The van der Waals surface area contributed by atoms with E-state index in [4.69, 9.17) is 23.7 Å². The fourth-order valence-electron chi connectivity index (χ4n) is 22.6.